The third-order valence-corrected chi connectivity index (χ3v) is 2.64. The molecule has 0 radical (unpaired) electrons. The van der Waals surface area contributed by atoms with Crippen LogP contribution in [0.25, 0.3) is 0 Å². The van der Waals surface area contributed by atoms with E-state index in [1.807, 2.05) is 18.2 Å². The number of benzene rings is 3. The van der Waals surface area contributed by atoms with E-state index in [-0.39, 0.29) is 23.0 Å². The topological polar surface area (TPSA) is 80.9 Å². The first kappa shape index (κ1) is 17.9. The number of aryl methyl sites for hydroxylation is 1. The maximum atomic E-state index is 8.65. The predicted molar refractivity (Wildman–Crippen MR) is 90.7 cm³/mol. The van der Waals surface area contributed by atoms with E-state index < -0.39 is 0 Å². The SMILES string of the molecule is Cc1ccccc1.Oc1ccc(O)cc1.Oc1ccc(O)cc1. The van der Waals surface area contributed by atoms with Gasteiger partial charge in [-0.25, -0.2) is 0 Å². The highest BCUT2D eigenvalue weighted by Gasteiger charge is 1.85. The summed E-state index contributed by atoms with van der Waals surface area (Å²) >= 11 is 0. The van der Waals surface area contributed by atoms with Crippen molar-refractivity contribution in [1.29, 1.82) is 0 Å². The van der Waals surface area contributed by atoms with Crippen LogP contribution in [0.1, 0.15) is 5.56 Å². The predicted octanol–water partition coefficient (Wildman–Crippen LogP) is 4.19. The highest BCUT2D eigenvalue weighted by molar-refractivity contribution is 5.29. The molecule has 4 heteroatoms. The number of rotatable bonds is 0. The van der Waals surface area contributed by atoms with Gasteiger partial charge in [0, 0.05) is 0 Å². The normalized spacial score (nSPS) is 8.91. The third-order valence-electron chi connectivity index (χ3n) is 2.64. The third kappa shape index (κ3) is 8.67. The van der Waals surface area contributed by atoms with Gasteiger partial charge in [0.05, 0.1) is 0 Å². The summed E-state index contributed by atoms with van der Waals surface area (Å²) in [5.41, 5.74) is 1.32. The van der Waals surface area contributed by atoms with E-state index in [9.17, 15) is 0 Å². The molecule has 0 fully saturated rings. The molecule has 120 valence electrons. The van der Waals surface area contributed by atoms with Gasteiger partial charge in [-0.2, -0.15) is 0 Å². The summed E-state index contributed by atoms with van der Waals surface area (Å²) < 4.78 is 0. The van der Waals surface area contributed by atoms with E-state index in [1.165, 1.54) is 54.1 Å². The van der Waals surface area contributed by atoms with Crippen LogP contribution in [0.3, 0.4) is 0 Å². The summed E-state index contributed by atoms with van der Waals surface area (Å²) in [7, 11) is 0. The lowest BCUT2D eigenvalue weighted by Gasteiger charge is -1.88. The zero-order valence-electron chi connectivity index (χ0n) is 12.8. The average Bonchev–Trinajstić information content (AvgIpc) is 2.55. The Morgan fingerprint density at radius 2 is 0.696 bits per heavy atom. The van der Waals surface area contributed by atoms with Crippen molar-refractivity contribution >= 4 is 0 Å². The summed E-state index contributed by atoms with van der Waals surface area (Å²) in [5, 5.41) is 34.6. The van der Waals surface area contributed by atoms with Crippen molar-refractivity contribution in [3.05, 3.63) is 84.4 Å². The van der Waals surface area contributed by atoms with E-state index in [2.05, 4.69) is 19.1 Å². The molecule has 0 aliphatic carbocycles. The molecule has 4 N–H and O–H groups in total. The van der Waals surface area contributed by atoms with Crippen LogP contribution in [0.5, 0.6) is 23.0 Å². The summed E-state index contributed by atoms with van der Waals surface area (Å²) in [6, 6.07) is 21.7. The highest BCUT2D eigenvalue weighted by atomic mass is 16.3. The van der Waals surface area contributed by atoms with E-state index in [1.54, 1.807) is 0 Å². The van der Waals surface area contributed by atoms with Gasteiger partial charge in [-0.3, -0.25) is 0 Å². The molecule has 0 aliphatic heterocycles. The number of phenols is 4. The molecule has 23 heavy (non-hydrogen) atoms. The quantitative estimate of drug-likeness (QED) is 0.469. The number of hydrogen-bond donors (Lipinski definition) is 4. The Morgan fingerprint density at radius 3 is 0.870 bits per heavy atom. The zero-order valence-corrected chi connectivity index (χ0v) is 12.8. The fourth-order valence-electron chi connectivity index (χ4n) is 1.44. The lowest BCUT2D eigenvalue weighted by atomic mass is 10.2. The lowest BCUT2D eigenvalue weighted by molar-refractivity contribution is 0.460. The Balaban J connectivity index is 0.000000173. The molecule has 4 nitrogen and oxygen atoms in total. The average molecular weight is 312 g/mol. The first-order valence-corrected chi connectivity index (χ1v) is 6.95. The molecule has 3 aromatic carbocycles. The Hall–Kier alpha value is -3.14. The van der Waals surface area contributed by atoms with Crippen LogP contribution < -0.4 is 0 Å². The lowest BCUT2D eigenvalue weighted by Crippen LogP contribution is -1.62. The molecular formula is C19H20O4. The van der Waals surface area contributed by atoms with E-state index >= 15 is 0 Å². The van der Waals surface area contributed by atoms with Gasteiger partial charge in [0.15, 0.2) is 0 Å². The largest absolute Gasteiger partial charge is 0.508 e. The van der Waals surface area contributed by atoms with Crippen LogP contribution in [0.15, 0.2) is 78.9 Å². The molecule has 3 aromatic rings. The highest BCUT2D eigenvalue weighted by Crippen LogP contribution is 2.13. The minimum absolute atomic E-state index is 0.169. The van der Waals surface area contributed by atoms with Gasteiger partial charge in [-0.1, -0.05) is 35.9 Å². The Bertz CT molecular complexity index is 576. The summed E-state index contributed by atoms with van der Waals surface area (Å²) in [6.07, 6.45) is 0. The summed E-state index contributed by atoms with van der Waals surface area (Å²) in [5.74, 6) is 0.677. The molecule has 0 aliphatic rings. The summed E-state index contributed by atoms with van der Waals surface area (Å²) in [6.45, 7) is 2.08. The second-order valence-electron chi connectivity index (χ2n) is 4.69. The molecule has 0 atom stereocenters. The van der Waals surface area contributed by atoms with E-state index in [0.29, 0.717) is 0 Å². The van der Waals surface area contributed by atoms with Gasteiger partial charge in [0.1, 0.15) is 23.0 Å². The van der Waals surface area contributed by atoms with Crippen molar-refractivity contribution in [1.82, 2.24) is 0 Å². The van der Waals surface area contributed by atoms with Gasteiger partial charge < -0.3 is 20.4 Å². The number of hydrogen-bond acceptors (Lipinski definition) is 4. The number of aromatic hydroxyl groups is 4. The van der Waals surface area contributed by atoms with Gasteiger partial charge in [-0.05, 0) is 55.5 Å². The summed E-state index contributed by atoms with van der Waals surface area (Å²) in [4.78, 5) is 0. The number of phenolic OH excluding ortho intramolecular Hbond substituents is 4. The van der Waals surface area contributed by atoms with Crippen molar-refractivity contribution in [2.75, 3.05) is 0 Å². The van der Waals surface area contributed by atoms with Gasteiger partial charge in [-0.15, -0.1) is 0 Å². The van der Waals surface area contributed by atoms with Crippen LogP contribution in [0, 0.1) is 6.92 Å². The Labute approximate surface area is 135 Å². The molecule has 0 saturated carbocycles. The smallest absolute Gasteiger partial charge is 0.115 e. The van der Waals surface area contributed by atoms with Crippen molar-refractivity contribution in [2.24, 2.45) is 0 Å². The van der Waals surface area contributed by atoms with E-state index in [0.717, 1.165) is 0 Å². The fourth-order valence-corrected chi connectivity index (χ4v) is 1.44. The molecule has 0 saturated heterocycles. The minimum Gasteiger partial charge on any atom is -0.508 e. The fraction of sp³-hybridized carbons (Fsp3) is 0.0526. The van der Waals surface area contributed by atoms with Crippen molar-refractivity contribution < 1.29 is 20.4 Å². The van der Waals surface area contributed by atoms with Crippen LogP contribution in [-0.4, -0.2) is 20.4 Å². The van der Waals surface area contributed by atoms with Crippen LogP contribution in [0.4, 0.5) is 0 Å². The van der Waals surface area contributed by atoms with Crippen LogP contribution >= 0.6 is 0 Å². The van der Waals surface area contributed by atoms with Crippen molar-refractivity contribution in [3.8, 4) is 23.0 Å². The van der Waals surface area contributed by atoms with Crippen molar-refractivity contribution in [3.63, 3.8) is 0 Å². The second-order valence-corrected chi connectivity index (χ2v) is 4.69. The van der Waals surface area contributed by atoms with Gasteiger partial charge in [0.25, 0.3) is 0 Å². The van der Waals surface area contributed by atoms with Crippen LogP contribution in [-0.2, 0) is 0 Å². The first-order chi connectivity index (χ1) is 11.0. The Kier molecular flexibility index (Phi) is 7.58. The molecular weight excluding hydrogens is 292 g/mol. The molecule has 3 rings (SSSR count). The molecule has 0 spiro atoms. The van der Waals surface area contributed by atoms with Crippen molar-refractivity contribution in [2.45, 2.75) is 6.92 Å². The monoisotopic (exact) mass is 312 g/mol. The van der Waals surface area contributed by atoms with Gasteiger partial charge >= 0.3 is 0 Å². The van der Waals surface area contributed by atoms with Crippen LogP contribution in [0.2, 0.25) is 0 Å². The Morgan fingerprint density at radius 1 is 0.435 bits per heavy atom. The standard InChI is InChI=1S/C7H8.2C6H6O2/c1-7-5-3-2-4-6-7;2*7-5-1-2-6(8)4-3-5/h2-6H,1H3;2*1-4,7-8H. The zero-order chi connectivity index (χ0) is 17.1. The molecule has 0 unspecified atom stereocenters. The maximum Gasteiger partial charge on any atom is 0.115 e. The van der Waals surface area contributed by atoms with E-state index in [4.69, 9.17) is 20.4 Å². The molecule has 0 amide bonds. The first-order valence-electron chi connectivity index (χ1n) is 6.95. The molecule has 0 bridgehead atoms. The second kappa shape index (κ2) is 9.73. The maximum absolute atomic E-state index is 8.65. The minimum atomic E-state index is 0.169. The molecule has 0 aromatic heterocycles. The van der Waals surface area contributed by atoms with Gasteiger partial charge in [0.2, 0.25) is 0 Å². The molecule has 0 heterocycles.